The molecule has 0 saturated carbocycles. The molecule has 1 aromatic carbocycles. The van der Waals surface area contributed by atoms with Gasteiger partial charge in [0.1, 0.15) is 5.75 Å². The summed E-state index contributed by atoms with van der Waals surface area (Å²) in [5.74, 6) is 0.757. The van der Waals surface area contributed by atoms with Crippen molar-refractivity contribution in [1.29, 1.82) is 0 Å². The van der Waals surface area contributed by atoms with Crippen LogP contribution in [0.1, 0.15) is 117 Å². The van der Waals surface area contributed by atoms with E-state index in [-0.39, 0.29) is 40.8 Å². The summed E-state index contributed by atoms with van der Waals surface area (Å²) >= 11 is 3.49. The Morgan fingerprint density at radius 1 is 0.618 bits per heavy atom. The topological polar surface area (TPSA) is 79.2 Å². The van der Waals surface area contributed by atoms with Crippen LogP contribution < -0.4 is 44.5 Å². The van der Waals surface area contributed by atoms with Gasteiger partial charge in [-0.05, 0) is 40.9 Å². The molecule has 8 heteroatoms. The quantitative estimate of drug-likeness (QED) is 0.160. The number of hydrogen-bond acceptors (Lipinski definition) is 5. The first-order valence-corrected chi connectivity index (χ1v) is 14.1. The zero-order valence-corrected chi connectivity index (χ0v) is 25.6. The van der Waals surface area contributed by atoms with E-state index in [0.717, 1.165) is 25.7 Å². The monoisotopic (exact) mass is 552 g/mol. The Morgan fingerprint density at radius 3 is 1.41 bits per heavy atom. The van der Waals surface area contributed by atoms with Crippen molar-refractivity contribution in [3.63, 3.8) is 0 Å². The minimum Gasteiger partial charge on any atom is -0.556 e. The molecule has 0 fully saturated rings. The number of benzene rings is 1. The Balaban J connectivity index is 0.0000109. The molecule has 1 aromatic rings. The maximum Gasteiger partial charge on any atom is 1.00 e. The standard InChI is InChI=1S/C26H47BBrO5.Na/c1-3-5-7-9-11-13-15-17-19-32-25-22-24(28)26(21-23(25)27(29,30)31)33-20-18-16-14-12-10-8-6-4-2;/h21-22,29-31H,3-20H2,1-2H3;/q-1;+1. The van der Waals surface area contributed by atoms with E-state index < -0.39 is 6.75 Å². The number of hydrogen-bond donors (Lipinski definition) is 3. The zero-order valence-electron chi connectivity index (χ0n) is 22.0. The van der Waals surface area contributed by atoms with E-state index in [9.17, 15) is 15.1 Å². The fourth-order valence-electron chi connectivity index (χ4n) is 3.93. The number of unbranched alkanes of at least 4 members (excludes halogenated alkanes) is 14. The predicted molar refractivity (Wildman–Crippen MR) is 142 cm³/mol. The molecule has 0 aliphatic carbocycles. The zero-order chi connectivity index (χ0) is 24.4. The maximum absolute atomic E-state index is 9.88. The molecule has 0 atom stereocenters. The summed E-state index contributed by atoms with van der Waals surface area (Å²) in [5, 5.41) is 29.6. The third-order valence-electron chi connectivity index (χ3n) is 5.99. The molecular weight excluding hydrogens is 506 g/mol. The van der Waals surface area contributed by atoms with Gasteiger partial charge >= 0.3 is 36.3 Å². The van der Waals surface area contributed by atoms with Crippen LogP contribution in [0.4, 0.5) is 0 Å². The third-order valence-corrected chi connectivity index (χ3v) is 6.61. The van der Waals surface area contributed by atoms with Crippen LogP contribution in [0, 0.1) is 0 Å². The number of halogens is 1. The molecule has 0 amide bonds. The van der Waals surface area contributed by atoms with Crippen LogP contribution in [0.15, 0.2) is 16.6 Å². The van der Waals surface area contributed by atoms with E-state index in [2.05, 4.69) is 29.8 Å². The van der Waals surface area contributed by atoms with Crippen LogP contribution in [-0.4, -0.2) is 35.0 Å². The first kappa shape index (κ1) is 34.2. The predicted octanol–water partition coefficient (Wildman–Crippen LogP) is 3.61. The Morgan fingerprint density at radius 2 is 1.00 bits per heavy atom. The Bertz CT molecular complexity index is 628. The first-order chi connectivity index (χ1) is 15.9. The van der Waals surface area contributed by atoms with E-state index in [4.69, 9.17) is 9.47 Å². The van der Waals surface area contributed by atoms with E-state index in [1.54, 1.807) is 6.07 Å². The molecule has 0 aromatic heterocycles. The number of rotatable bonds is 21. The molecule has 3 N–H and O–H groups in total. The average Bonchev–Trinajstić information content (AvgIpc) is 2.77. The molecule has 0 bridgehead atoms. The van der Waals surface area contributed by atoms with Gasteiger partial charge in [-0.2, -0.15) is 0 Å². The van der Waals surface area contributed by atoms with Gasteiger partial charge in [-0.3, -0.25) is 0 Å². The fraction of sp³-hybridized carbons (Fsp3) is 0.769. The second kappa shape index (κ2) is 21.3. The molecule has 34 heavy (non-hydrogen) atoms. The summed E-state index contributed by atoms with van der Waals surface area (Å²) in [4.78, 5) is 0. The minimum absolute atomic E-state index is 0. The molecule has 0 heterocycles. The van der Waals surface area contributed by atoms with Gasteiger partial charge in [-0.15, -0.1) is 0 Å². The van der Waals surface area contributed by atoms with Crippen molar-refractivity contribution in [2.75, 3.05) is 13.2 Å². The molecule has 0 saturated heterocycles. The first-order valence-electron chi connectivity index (χ1n) is 13.3. The van der Waals surface area contributed by atoms with Crippen molar-refractivity contribution < 1.29 is 54.1 Å². The van der Waals surface area contributed by atoms with E-state index >= 15 is 0 Å². The van der Waals surface area contributed by atoms with Gasteiger partial charge in [0.2, 0.25) is 0 Å². The van der Waals surface area contributed by atoms with Crippen molar-refractivity contribution in [1.82, 2.24) is 0 Å². The van der Waals surface area contributed by atoms with Crippen LogP contribution in [-0.2, 0) is 0 Å². The van der Waals surface area contributed by atoms with Crippen LogP contribution in [0.3, 0.4) is 0 Å². The van der Waals surface area contributed by atoms with Crippen molar-refractivity contribution in [3.8, 4) is 11.5 Å². The van der Waals surface area contributed by atoms with E-state index in [1.165, 1.54) is 83.1 Å². The van der Waals surface area contributed by atoms with Crippen molar-refractivity contribution >= 4 is 28.1 Å². The minimum atomic E-state index is -3.68. The Hall–Kier alpha value is 0.245. The average molecular weight is 553 g/mol. The molecule has 5 nitrogen and oxygen atoms in total. The molecule has 1 rings (SSSR count). The summed E-state index contributed by atoms with van der Waals surface area (Å²) < 4.78 is 12.3. The summed E-state index contributed by atoms with van der Waals surface area (Å²) in [6.45, 7) is 1.80. The van der Waals surface area contributed by atoms with E-state index in [1.807, 2.05) is 0 Å². The second-order valence-corrected chi connectivity index (χ2v) is 10.1. The van der Waals surface area contributed by atoms with Gasteiger partial charge in [0, 0.05) is 0 Å². The van der Waals surface area contributed by atoms with Crippen LogP contribution in [0.2, 0.25) is 0 Å². The van der Waals surface area contributed by atoms with E-state index in [0.29, 0.717) is 23.4 Å². The summed E-state index contributed by atoms with van der Waals surface area (Å²) in [6, 6.07) is 3.13. The molecule has 0 aliphatic rings. The molecule has 0 spiro atoms. The molecular formula is C26H47BBrNaO5. The summed E-state index contributed by atoms with van der Waals surface area (Å²) in [7, 11) is 0. The smallest absolute Gasteiger partial charge is 0.556 e. The summed E-state index contributed by atoms with van der Waals surface area (Å²) in [6.07, 6.45) is 19.3. The normalized spacial score (nSPS) is 11.4. The van der Waals surface area contributed by atoms with Gasteiger partial charge in [0.25, 0.3) is 0 Å². The van der Waals surface area contributed by atoms with Gasteiger partial charge < -0.3 is 24.5 Å². The SMILES string of the molecule is CCCCCCCCCCOc1cc([B-](O)(O)O)c(OCCCCCCCCCC)cc1Br.[Na+]. The summed E-state index contributed by atoms with van der Waals surface area (Å²) in [5.41, 5.74) is -0.0383. The molecule has 0 unspecified atom stereocenters. The van der Waals surface area contributed by atoms with Crippen molar-refractivity contribution in [3.05, 3.63) is 16.6 Å². The van der Waals surface area contributed by atoms with Crippen LogP contribution in [0.25, 0.3) is 0 Å². The molecule has 0 radical (unpaired) electrons. The van der Waals surface area contributed by atoms with Crippen LogP contribution >= 0.6 is 15.9 Å². The van der Waals surface area contributed by atoms with Gasteiger partial charge in [0.05, 0.1) is 23.4 Å². The van der Waals surface area contributed by atoms with Crippen molar-refractivity contribution in [2.24, 2.45) is 0 Å². The Kier molecular flexibility index (Phi) is 21.5. The van der Waals surface area contributed by atoms with Gasteiger partial charge in [-0.1, -0.05) is 109 Å². The Labute approximate surface area is 238 Å². The molecule has 192 valence electrons. The largest absolute Gasteiger partial charge is 1.00 e. The second-order valence-electron chi connectivity index (χ2n) is 9.20. The van der Waals surface area contributed by atoms with Crippen LogP contribution in [0.5, 0.6) is 11.5 Å². The molecule has 0 aliphatic heterocycles. The van der Waals surface area contributed by atoms with Crippen molar-refractivity contribution in [2.45, 2.75) is 117 Å². The van der Waals surface area contributed by atoms with Gasteiger partial charge in [-0.25, -0.2) is 0 Å². The third kappa shape index (κ3) is 16.1. The number of ether oxygens (including phenoxy) is 2. The van der Waals surface area contributed by atoms with Gasteiger partial charge in [0.15, 0.2) is 0 Å². The maximum atomic E-state index is 9.88. The fourth-order valence-corrected chi connectivity index (χ4v) is 4.36.